The molecule has 0 unspecified atom stereocenters. The third-order valence-corrected chi connectivity index (χ3v) is 3.21. The Morgan fingerprint density at radius 2 is 2.12 bits per heavy atom. The summed E-state index contributed by atoms with van der Waals surface area (Å²) in [6, 6.07) is 10.1. The van der Waals surface area contributed by atoms with Crippen LogP contribution in [0.5, 0.6) is 0 Å². The highest BCUT2D eigenvalue weighted by atomic mass is 15.2. The van der Waals surface area contributed by atoms with E-state index in [1.54, 1.807) is 0 Å². The molecule has 0 spiro atoms. The molecule has 0 amide bonds. The molecular formula is C13H16N4. The summed E-state index contributed by atoms with van der Waals surface area (Å²) in [5, 5.41) is 10.7. The van der Waals surface area contributed by atoms with Gasteiger partial charge in [-0.25, -0.2) is 4.98 Å². The van der Waals surface area contributed by atoms with Crippen molar-refractivity contribution in [3.05, 3.63) is 36.2 Å². The predicted molar refractivity (Wildman–Crippen MR) is 66.5 cm³/mol. The summed E-state index contributed by atoms with van der Waals surface area (Å²) in [6.45, 7) is 2.23. The molecule has 88 valence electrons. The van der Waals surface area contributed by atoms with Crippen molar-refractivity contribution < 1.29 is 0 Å². The van der Waals surface area contributed by atoms with E-state index in [0.717, 1.165) is 36.7 Å². The molecule has 17 heavy (non-hydrogen) atoms. The number of hydrogen-bond donors (Lipinski definition) is 2. The van der Waals surface area contributed by atoms with Gasteiger partial charge >= 0.3 is 0 Å². The van der Waals surface area contributed by atoms with Crippen LogP contribution in [-0.4, -0.2) is 28.3 Å². The first kappa shape index (κ1) is 10.5. The smallest absolute Gasteiger partial charge is 0.181 e. The van der Waals surface area contributed by atoms with Gasteiger partial charge in [0.25, 0.3) is 0 Å². The summed E-state index contributed by atoms with van der Waals surface area (Å²) in [5.41, 5.74) is 1.07. The molecule has 2 aromatic rings. The van der Waals surface area contributed by atoms with E-state index in [2.05, 4.69) is 20.5 Å². The molecule has 2 heterocycles. The zero-order valence-electron chi connectivity index (χ0n) is 9.69. The van der Waals surface area contributed by atoms with Crippen molar-refractivity contribution >= 4 is 0 Å². The molecule has 1 aromatic carbocycles. The number of nitrogens with one attached hydrogen (secondary N) is 2. The second kappa shape index (κ2) is 4.67. The average molecular weight is 228 g/mol. The van der Waals surface area contributed by atoms with E-state index in [0.29, 0.717) is 5.92 Å². The molecule has 0 saturated carbocycles. The van der Waals surface area contributed by atoms with Crippen molar-refractivity contribution in [1.29, 1.82) is 0 Å². The first-order valence-corrected chi connectivity index (χ1v) is 6.09. The van der Waals surface area contributed by atoms with Gasteiger partial charge in [-0.05, 0) is 25.4 Å². The molecule has 1 fully saturated rings. The van der Waals surface area contributed by atoms with E-state index in [1.807, 2.05) is 30.3 Å². The molecule has 1 aliphatic heterocycles. The Morgan fingerprint density at radius 1 is 1.24 bits per heavy atom. The Labute approximate surface area is 100 Å². The van der Waals surface area contributed by atoms with Gasteiger partial charge in [0.1, 0.15) is 5.82 Å². The van der Waals surface area contributed by atoms with Crippen LogP contribution in [0.4, 0.5) is 0 Å². The number of hydrogen-bond acceptors (Lipinski definition) is 3. The van der Waals surface area contributed by atoms with Crippen LogP contribution < -0.4 is 5.32 Å². The standard InChI is InChI=1S/C13H16N4/c1-2-4-11(5-3-1)13-15-12(16-17-13)8-10-6-7-14-9-10/h1-5,10,14H,6-9H2,(H,15,16,17)/t10-/m1/s1. The summed E-state index contributed by atoms with van der Waals surface area (Å²) >= 11 is 0. The lowest BCUT2D eigenvalue weighted by Gasteiger charge is -2.03. The first-order chi connectivity index (χ1) is 8.42. The number of aromatic amines is 1. The number of rotatable bonds is 3. The van der Waals surface area contributed by atoms with Crippen LogP contribution in [0.3, 0.4) is 0 Å². The fourth-order valence-corrected chi connectivity index (χ4v) is 2.27. The van der Waals surface area contributed by atoms with Gasteiger partial charge in [0.15, 0.2) is 5.82 Å². The van der Waals surface area contributed by atoms with Crippen LogP contribution in [0.2, 0.25) is 0 Å². The second-order valence-corrected chi connectivity index (χ2v) is 4.53. The molecule has 1 aliphatic rings. The molecule has 4 heteroatoms. The molecule has 0 bridgehead atoms. The highest BCUT2D eigenvalue weighted by Gasteiger charge is 2.17. The van der Waals surface area contributed by atoms with E-state index in [4.69, 9.17) is 0 Å². The van der Waals surface area contributed by atoms with Crippen molar-refractivity contribution in [1.82, 2.24) is 20.5 Å². The molecule has 1 aromatic heterocycles. The van der Waals surface area contributed by atoms with Crippen molar-refractivity contribution in [3.63, 3.8) is 0 Å². The van der Waals surface area contributed by atoms with Gasteiger partial charge in [0.05, 0.1) is 0 Å². The Kier molecular flexibility index (Phi) is 2.88. The van der Waals surface area contributed by atoms with Gasteiger partial charge in [-0.15, -0.1) is 0 Å². The van der Waals surface area contributed by atoms with Crippen molar-refractivity contribution in [2.24, 2.45) is 5.92 Å². The largest absolute Gasteiger partial charge is 0.316 e. The summed E-state index contributed by atoms with van der Waals surface area (Å²) in [7, 11) is 0. The second-order valence-electron chi connectivity index (χ2n) is 4.53. The zero-order valence-corrected chi connectivity index (χ0v) is 9.69. The van der Waals surface area contributed by atoms with Crippen LogP contribution in [0.15, 0.2) is 30.3 Å². The van der Waals surface area contributed by atoms with Crippen LogP contribution in [0.25, 0.3) is 11.4 Å². The lowest BCUT2D eigenvalue weighted by Crippen LogP contribution is -2.11. The van der Waals surface area contributed by atoms with E-state index < -0.39 is 0 Å². The Balaban J connectivity index is 1.74. The van der Waals surface area contributed by atoms with Gasteiger partial charge in [-0.1, -0.05) is 30.3 Å². The molecule has 1 atom stereocenters. The minimum Gasteiger partial charge on any atom is -0.316 e. The summed E-state index contributed by atoms with van der Waals surface area (Å²) in [6.07, 6.45) is 2.23. The van der Waals surface area contributed by atoms with Gasteiger partial charge in [0.2, 0.25) is 0 Å². The van der Waals surface area contributed by atoms with Crippen molar-refractivity contribution in [2.75, 3.05) is 13.1 Å². The number of H-pyrrole nitrogens is 1. The molecule has 0 radical (unpaired) electrons. The van der Waals surface area contributed by atoms with Crippen molar-refractivity contribution in [2.45, 2.75) is 12.8 Å². The maximum Gasteiger partial charge on any atom is 0.181 e. The minimum absolute atomic E-state index is 0.701. The average Bonchev–Trinajstić information content (AvgIpc) is 3.02. The topological polar surface area (TPSA) is 53.6 Å². The monoisotopic (exact) mass is 228 g/mol. The first-order valence-electron chi connectivity index (χ1n) is 6.09. The van der Waals surface area contributed by atoms with E-state index in [9.17, 15) is 0 Å². The number of aromatic nitrogens is 3. The lowest BCUT2D eigenvalue weighted by atomic mass is 10.1. The van der Waals surface area contributed by atoms with Crippen LogP contribution in [0, 0.1) is 5.92 Å². The fourth-order valence-electron chi connectivity index (χ4n) is 2.27. The van der Waals surface area contributed by atoms with Gasteiger partial charge in [-0.2, -0.15) is 5.10 Å². The molecule has 4 nitrogen and oxygen atoms in total. The Morgan fingerprint density at radius 3 is 2.88 bits per heavy atom. The molecule has 3 rings (SSSR count). The fraction of sp³-hybridized carbons (Fsp3) is 0.385. The molecular weight excluding hydrogens is 212 g/mol. The molecule has 2 N–H and O–H groups in total. The highest BCUT2D eigenvalue weighted by molar-refractivity contribution is 5.53. The van der Waals surface area contributed by atoms with Gasteiger partial charge in [-0.3, -0.25) is 5.10 Å². The maximum absolute atomic E-state index is 4.55. The van der Waals surface area contributed by atoms with Gasteiger partial charge < -0.3 is 5.32 Å². The van der Waals surface area contributed by atoms with E-state index in [1.165, 1.54) is 6.42 Å². The quantitative estimate of drug-likeness (QED) is 0.839. The summed E-state index contributed by atoms with van der Waals surface area (Å²) in [5.74, 6) is 2.50. The van der Waals surface area contributed by atoms with Crippen LogP contribution in [0.1, 0.15) is 12.2 Å². The Hall–Kier alpha value is -1.68. The third kappa shape index (κ3) is 2.36. The minimum atomic E-state index is 0.701. The van der Waals surface area contributed by atoms with E-state index >= 15 is 0 Å². The highest BCUT2D eigenvalue weighted by Crippen LogP contribution is 2.16. The predicted octanol–water partition coefficient (Wildman–Crippen LogP) is 1.62. The maximum atomic E-state index is 4.55. The normalized spacial score (nSPS) is 19.6. The SMILES string of the molecule is c1ccc(-c2n[nH]c(C[C@H]3CCNC3)n2)cc1. The Bertz CT molecular complexity index is 471. The number of nitrogens with zero attached hydrogens (tertiary/aromatic N) is 2. The third-order valence-electron chi connectivity index (χ3n) is 3.21. The molecule has 1 saturated heterocycles. The molecule has 0 aliphatic carbocycles. The lowest BCUT2D eigenvalue weighted by molar-refractivity contribution is 0.563. The van der Waals surface area contributed by atoms with Crippen molar-refractivity contribution in [3.8, 4) is 11.4 Å². The summed E-state index contributed by atoms with van der Waals surface area (Å²) in [4.78, 5) is 4.55. The summed E-state index contributed by atoms with van der Waals surface area (Å²) < 4.78 is 0. The van der Waals surface area contributed by atoms with E-state index in [-0.39, 0.29) is 0 Å². The van der Waals surface area contributed by atoms with Crippen LogP contribution in [-0.2, 0) is 6.42 Å². The van der Waals surface area contributed by atoms with Gasteiger partial charge in [0, 0.05) is 12.0 Å². The zero-order chi connectivity index (χ0) is 11.5. The van der Waals surface area contributed by atoms with Crippen LogP contribution >= 0.6 is 0 Å². The number of benzene rings is 1.